The van der Waals surface area contributed by atoms with Crippen LogP contribution in [0.1, 0.15) is 50.4 Å². The van der Waals surface area contributed by atoms with Gasteiger partial charge in [-0.05, 0) is 44.0 Å². The van der Waals surface area contributed by atoms with Crippen molar-refractivity contribution in [3.63, 3.8) is 0 Å². The molecule has 1 atom stereocenters. The minimum absolute atomic E-state index is 0.00204. The second-order valence-corrected chi connectivity index (χ2v) is 4.45. The largest absolute Gasteiger partial charge is 0.336 e. The predicted octanol–water partition coefficient (Wildman–Crippen LogP) is 3.87. The van der Waals surface area contributed by atoms with Crippen molar-refractivity contribution in [2.24, 2.45) is 0 Å². The van der Waals surface area contributed by atoms with Gasteiger partial charge in [-0.1, -0.05) is 20.3 Å². The first-order valence-electron chi connectivity index (χ1n) is 6.70. The Morgan fingerprint density at radius 1 is 1.22 bits per heavy atom. The first-order valence-corrected chi connectivity index (χ1v) is 6.70. The van der Waals surface area contributed by atoms with E-state index in [1.807, 2.05) is 11.8 Å². The van der Waals surface area contributed by atoms with Gasteiger partial charge in [-0.15, -0.1) is 0 Å². The summed E-state index contributed by atoms with van der Waals surface area (Å²) in [6.07, 6.45) is 3.03. The van der Waals surface area contributed by atoms with Crippen LogP contribution >= 0.6 is 0 Å². The topological polar surface area (TPSA) is 20.3 Å². The van der Waals surface area contributed by atoms with E-state index in [-0.39, 0.29) is 17.8 Å². The van der Waals surface area contributed by atoms with Crippen LogP contribution < -0.4 is 0 Å². The monoisotopic (exact) mass is 251 g/mol. The van der Waals surface area contributed by atoms with E-state index in [2.05, 4.69) is 13.8 Å². The molecule has 1 aromatic rings. The molecule has 1 unspecified atom stereocenters. The zero-order valence-electron chi connectivity index (χ0n) is 11.4. The number of halogens is 1. The Hall–Kier alpha value is -1.38. The summed E-state index contributed by atoms with van der Waals surface area (Å²) in [6, 6.07) is 6.05. The molecular formula is C15H22FNO. The minimum atomic E-state index is -0.310. The van der Waals surface area contributed by atoms with Crippen molar-refractivity contribution in [3.8, 4) is 0 Å². The highest BCUT2D eigenvalue weighted by molar-refractivity contribution is 5.94. The van der Waals surface area contributed by atoms with Gasteiger partial charge >= 0.3 is 0 Å². The maximum absolute atomic E-state index is 12.9. The van der Waals surface area contributed by atoms with Gasteiger partial charge in [0.15, 0.2) is 0 Å². The molecule has 0 fully saturated rings. The summed E-state index contributed by atoms with van der Waals surface area (Å²) in [5.41, 5.74) is 0.563. The molecular weight excluding hydrogens is 229 g/mol. The maximum atomic E-state index is 12.9. The lowest BCUT2D eigenvalue weighted by Crippen LogP contribution is -2.39. The van der Waals surface area contributed by atoms with Crippen LogP contribution in [0.2, 0.25) is 0 Å². The van der Waals surface area contributed by atoms with Gasteiger partial charge in [0, 0.05) is 18.2 Å². The van der Waals surface area contributed by atoms with Gasteiger partial charge in [0.1, 0.15) is 5.82 Å². The third-order valence-corrected chi connectivity index (χ3v) is 3.23. The first kappa shape index (κ1) is 14.7. The fourth-order valence-electron chi connectivity index (χ4n) is 2.24. The van der Waals surface area contributed by atoms with Crippen LogP contribution in [0.3, 0.4) is 0 Å². The predicted molar refractivity (Wildman–Crippen MR) is 72.1 cm³/mol. The molecule has 0 bridgehead atoms. The van der Waals surface area contributed by atoms with Gasteiger partial charge in [0.2, 0.25) is 0 Å². The zero-order chi connectivity index (χ0) is 13.5. The molecule has 1 rings (SSSR count). The van der Waals surface area contributed by atoms with Crippen molar-refractivity contribution in [2.45, 2.75) is 46.1 Å². The number of benzene rings is 1. The summed E-state index contributed by atoms with van der Waals surface area (Å²) in [5, 5.41) is 0. The summed E-state index contributed by atoms with van der Waals surface area (Å²) in [4.78, 5) is 14.3. The van der Waals surface area contributed by atoms with Crippen LogP contribution in [0, 0.1) is 5.82 Å². The van der Waals surface area contributed by atoms with Crippen molar-refractivity contribution in [2.75, 3.05) is 6.54 Å². The Labute approximate surface area is 109 Å². The van der Waals surface area contributed by atoms with E-state index in [0.717, 1.165) is 19.3 Å². The fourth-order valence-corrected chi connectivity index (χ4v) is 2.24. The minimum Gasteiger partial charge on any atom is -0.336 e. The van der Waals surface area contributed by atoms with Crippen LogP contribution in [0.25, 0.3) is 0 Å². The Morgan fingerprint density at radius 2 is 1.83 bits per heavy atom. The Kier molecular flexibility index (Phi) is 5.83. The van der Waals surface area contributed by atoms with E-state index in [1.165, 1.54) is 12.1 Å². The van der Waals surface area contributed by atoms with Crippen molar-refractivity contribution >= 4 is 5.91 Å². The standard InChI is InChI=1S/C15H22FNO/c1-4-7-14(5-2)17(6-3)15(18)12-8-10-13(16)11-9-12/h8-11,14H,4-7H2,1-3H3. The summed E-state index contributed by atoms with van der Waals surface area (Å²) >= 11 is 0. The SMILES string of the molecule is CCCC(CC)N(CC)C(=O)c1ccc(F)cc1. The second-order valence-electron chi connectivity index (χ2n) is 4.45. The average molecular weight is 251 g/mol. The molecule has 0 radical (unpaired) electrons. The van der Waals surface area contributed by atoms with Crippen LogP contribution in [0.4, 0.5) is 4.39 Å². The van der Waals surface area contributed by atoms with Crippen LogP contribution in [0.5, 0.6) is 0 Å². The van der Waals surface area contributed by atoms with Gasteiger partial charge in [0.05, 0.1) is 0 Å². The molecule has 18 heavy (non-hydrogen) atoms. The van der Waals surface area contributed by atoms with Crippen molar-refractivity contribution < 1.29 is 9.18 Å². The number of carbonyl (C=O) groups excluding carboxylic acids is 1. The van der Waals surface area contributed by atoms with Gasteiger partial charge in [-0.3, -0.25) is 4.79 Å². The molecule has 3 heteroatoms. The lowest BCUT2D eigenvalue weighted by molar-refractivity contribution is 0.0674. The van der Waals surface area contributed by atoms with E-state index in [4.69, 9.17) is 0 Å². The molecule has 0 heterocycles. The van der Waals surface area contributed by atoms with Crippen LogP contribution in [-0.2, 0) is 0 Å². The zero-order valence-corrected chi connectivity index (χ0v) is 11.4. The van der Waals surface area contributed by atoms with Crippen molar-refractivity contribution in [1.82, 2.24) is 4.90 Å². The highest BCUT2D eigenvalue weighted by Crippen LogP contribution is 2.15. The summed E-state index contributed by atoms with van der Waals surface area (Å²) in [5.74, 6) is -0.312. The average Bonchev–Trinajstić information content (AvgIpc) is 2.39. The lowest BCUT2D eigenvalue weighted by Gasteiger charge is -2.30. The Bertz CT molecular complexity index is 375. The van der Waals surface area contributed by atoms with Crippen molar-refractivity contribution in [3.05, 3.63) is 35.6 Å². The molecule has 0 spiro atoms. The number of carbonyl (C=O) groups is 1. The van der Waals surface area contributed by atoms with Gasteiger partial charge in [-0.2, -0.15) is 0 Å². The Balaban J connectivity index is 2.87. The van der Waals surface area contributed by atoms with E-state index in [9.17, 15) is 9.18 Å². The van der Waals surface area contributed by atoms with E-state index in [1.54, 1.807) is 12.1 Å². The van der Waals surface area contributed by atoms with E-state index < -0.39 is 0 Å². The molecule has 0 aliphatic rings. The molecule has 0 saturated carbocycles. The molecule has 0 N–H and O–H groups in total. The van der Waals surface area contributed by atoms with E-state index in [0.29, 0.717) is 12.1 Å². The normalized spacial score (nSPS) is 12.2. The highest BCUT2D eigenvalue weighted by atomic mass is 19.1. The van der Waals surface area contributed by atoms with Crippen LogP contribution in [0.15, 0.2) is 24.3 Å². The number of nitrogens with zero attached hydrogens (tertiary/aromatic N) is 1. The van der Waals surface area contributed by atoms with Gasteiger partial charge < -0.3 is 4.90 Å². The third-order valence-electron chi connectivity index (χ3n) is 3.23. The quantitative estimate of drug-likeness (QED) is 0.751. The number of amides is 1. The van der Waals surface area contributed by atoms with Gasteiger partial charge in [-0.25, -0.2) is 4.39 Å². The molecule has 1 amide bonds. The molecule has 0 aliphatic heterocycles. The molecule has 1 aromatic carbocycles. The first-order chi connectivity index (χ1) is 8.63. The summed E-state index contributed by atoms with van der Waals surface area (Å²) in [7, 11) is 0. The fraction of sp³-hybridized carbons (Fsp3) is 0.533. The molecule has 0 aliphatic carbocycles. The van der Waals surface area contributed by atoms with Crippen molar-refractivity contribution in [1.29, 1.82) is 0 Å². The molecule has 0 saturated heterocycles. The lowest BCUT2D eigenvalue weighted by atomic mass is 10.1. The summed E-state index contributed by atoms with van der Waals surface area (Å²) in [6.45, 7) is 6.90. The second kappa shape index (κ2) is 7.14. The highest BCUT2D eigenvalue weighted by Gasteiger charge is 2.21. The number of rotatable bonds is 6. The third kappa shape index (κ3) is 3.56. The number of hydrogen-bond acceptors (Lipinski definition) is 1. The smallest absolute Gasteiger partial charge is 0.254 e. The molecule has 0 aromatic heterocycles. The molecule has 2 nitrogen and oxygen atoms in total. The number of hydrogen-bond donors (Lipinski definition) is 0. The van der Waals surface area contributed by atoms with Crippen LogP contribution in [-0.4, -0.2) is 23.4 Å². The maximum Gasteiger partial charge on any atom is 0.254 e. The molecule has 100 valence electrons. The summed E-state index contributed by atoms with van der Waals surface area (Å²) < 4.78 is 12.9. The van der Waals surface area contributed by atoms with Gasteiger partial charge in [0.25, 0.3) is 5.91 Å². The van der Waals surface area contributed by atoms with E-state index >= 15 is 0 Å². The Morgan fingerprint density at radius 3 is 2.28 bits per heavy atom.